The van der Waals surface area contributed by atoms with Crippen LogP contribution in [-0.4, -0.2) is 47.4 Å². The van der Waals surface area contributed by atoms with Crippen LogP contribution in [-0.2, 0) is 9.53 Å². The number of para-hydroxylation sites is 1. The number of carboxylic acid groups (broad SMARTS) is 1. The molecule has 1 spiro atoms. The molecule has 24 heavy (non-hydrogen) atoms. The van der Waals surface area contributed by atoms with Crippen molar-refractivity contribution in [2.24, 2.45) is 5.92 Å². The number of carboxylic acids is 1. The van der Waals surface area contributed by atoms with E-state index in [1.54, 1.807) is 24.3 Å². The van der Waals surface area contributed by atoms with E-state index >= 15 is 0 Å². The Labute approximate surface area is 141 Å². The molecule has 2 aliphatic rings. The van der Waals surface area contributed by atoms with Crippen LogP contribution in [0.15, 0.2) is 24.3 Å². The maximum atomic E-state index is 13.2. The predicted molar refractivity (Wildman–Crippen MR) is 86.9 cm³/mol. The van der Waals surface area contributed by atoms with E-state index in [9.17, 15) is 14.7 Å². The molecule has 1 saturated heterocycles. The molecule has 1 atom stereocenters. The SMILES string of the molecule is COc1ccccc1C(=O)N1[C@@H](C(=O)O)COC12CCC(C)CC2. The average Bonchev–Trinajstić information content (AvgIpc) is 2.96. The number of carbonyl (C=O) groups excluding carboxylic acids is 1. The fourth-order valence-corrected chi connectivity index (χ4v) is 3.72. The number of methoxy groups -OCH3 is 1. The van der Waals surface area contributed by atoms with E-state index in [0.29, 0.717) is 30.1 Å². The van der Waals surface area contributed by atoms with Crippen LogP contribution in [0.2, 0.25) is 0 Å². The number of carbonyl (C=O) groups is 2. The molecular weight excluding hydrogens is 310 g/mol. The number of hydrogen-bond donors (Lipinski definition) is 1. The standard InChI is InChI=1S/C18H23NO5/c1-12-7-9-18(10-8-12)19(14(11-24-18)17(21)22)16(20)13-5-3-4-6-15(13)23-2/h3-6,12,14H,7-11H2,1-2H3,(H,21,22)/t12?,14-,18?/m1/s1. The van der Waals surface area contributed by atoms with Crippen LogP contribution in [0.5, 0.6) is 5.75 Å². The molecule has 1 amide bonds. The van der Waals surface area contributed by atoms with Gasteiger partial charge in [-0.1, -0.05) is 19.1 Å². The van der Waals surface area contributed by atoms with Crippen molar-refractivity contribution in [2.75, 3.05) is 13.7 Å². The van der Waals surface area contributed by atoms with Crippen molar-refractivity contribution in [2.45, 2.75) is 44.4 Å². The lowest BCUT2D eigenvalue weighted by atomic mass is 9.83. The van der Waals surface area contributed by atoms with Crippen LogP contribution in [0.3, 0.4) is 0 Å². The van der Waals surface area contributed by atoms with Crippen molar-refractivity contribution >= 4 is 11.9 Å². The second kappa shape index (κ2) is 6.43. The lowest BCUT2D eigenvalue weighted by Gasteiger charge is -2.42. The largest absolute Gasteiger partial charge is 0.496 e. The van der Waals surface area contributed by atoms with Crippen LogP contribution in [0.4, 0.5) is 0 Å². The molecule has 1 heterocycles. The first-order valence-electron chi connectivity index (χ1n) is 8.32. The Hall–Kier alpha value is -2.08. The van der Waals surface area contributed by atoms with Gasteiger partial charge in [-0.3, -0.25) is 9.69 Å². The van der Waals surface area contributed by atoms with Gasteiger partial charge < -0.3 is 14.6 Å². The van der Waals surface area contributed by atoms with Crippen molar-refractivity contribution in [1.29, 1.82) is 0 Å². The lowest BCUT2D eigenvalue weighted by Crippen LogP contribution is -2.55. The maximum Gasteiger partial charge on any atom is 0.328 e. The summed E-state index contributed by atoms with van der Waals surface area (Å²) in [6, 6.07) is 5.93. The van der Waals surface area contributed by atoms with Crippen LogP contribution in [0.1, 0.15) is 43.0 Å². The smallest absolute Gasteiger partial charge is 0.328 e. The van der Waals surface area contributed by atoms with E-state index in [1.807, 2.05) is 0 Å². The first kappa shape index (κ1) is 16.8. The van der Waals surface area contributed by atoms with Crippen molar-refractivity contribution in [3.63, 3.8) is 0 Å². The van der Waals surface area contributed by atoms with E-state index in [2.05, 4.69) is 6.92 Å². The number of nitrogens with zero attached hydrogens (tertiary/aromatic N) is 1. The van der Waals surface area contributed by atoms with Crippen LogP contribution >= 0.6 is 0 Å². The van der Waals surface area contributed by atoms with Gasteiger partial charge in [0.25, 0.3) is 5.91 Å². The zero-order chi connectivity index (χ0) is 17.3. The molecule has 1 aromatic carbocycles. The van der Waals surface area contributed by atoms with Crippen LogP contribution < -0.4 is 4.74 Å². The minimum Gasteiger partial charge on any atom is -0.496 e. The first-order chi connectivity index (χ1) is 11.5. The number of hydrogen-bond acceptors (Lipinski definition) is 4. The summed E-state index contributed by atoms with van der Waals surface area (Å²) in [5.74, 6) is -0.371. The molecule has 6 nitrogen and oxygen atoms in total. The Morgan fingerprint density at radius 2 is 1.96 bits per heavy atom. The highest BCUT2D eigenvalue weighted by atomic mass is 16.5. The summed E-state index contributed by atoms with van der Waals surface area (Å²) in [5, 5.41) is 9.57. The van der Waals surface area contributed by atoms with Gasteiger partial charge in [0, 0.05) is 0 Å². The van der Waals surface area contributed by atoms with Gasteiger partial charge in [-0.2, -0.15) is 0 Å². The van der Waals surface area contributed by atoms with Gasteiger partial charge in [-0.05, 0) is 43.7 Å². The first-order valence-corrected chi connectivity index (χ1v) is 8.32. The Kier molecular flexibility index (Phi) is 4.49. The summed E-state index contributed by atoms with van der Waals surface area (Å²) in [4.78, 5) is 26.3. The molecule has 0 bridgehead atoms. The summed E-state index contributed by atoms with van der Waals surface area (Å²) < 4.78 is 11.2. The molecule has 1 saturated carbocycles. The number of amides is 1. The minimum atomic E-state index is -1.03. The maximum absolute atomic E-state index is 13.2. The molecule has 1 aliphatic heterocycles. The van der Waals surface area contributed by atoms with Gasteiger partial charge in [0.05, 0.1) is 19.3 Å². The highest BCUT2D eigenvalue weighted by molar-refractivity contribution is 5.99. The lowest BCUT2D eigenvalue weighted by molar-refractivity contribution is -0.143. The molecule has 0 radical (unpaired) electrons. The van der Waals surface area contributed by atoms with Gasteiger partial charge in [-0.25, -0.2) is 4.79 Å². The number of benzene rings is 1. The molecule has 1 aliphatic carbocycles. The molecule has 0 aromatic heterocycles. The summed E-state index contributed by atoms with van der Waals surface area (Å²) in [6.07, 6.45) is 3.17. The van der Waals surface area contributed by atoms with E-state index < -0.39 is 17.7 Å². The summed E-state index contributed by atoms with van der Waals surface area (Å²) in [5.41, 5.74) is -0.442. The quantitative estimate of drug-likeness (QED) is 0.920. The highest BCUT2D eigenvalue weighted by Crippen LogP contribution is 2.43. The van der Waals surface area contributed by atoms with E-state index in [-0.39, 0.29) is 12.5 Å². The highest BCUT2D eigenvalue weighted by Gasteiger charge is 2.54. The number of rotatable bonds is 3. The average molecular weight is 333 g/mol. The van der Waals surface area contributed by atoms with Crippen molar-refractivity contribution in [3.05, 3.63) is 29.8 Å². The third kappa shape index (κ3) is 2.75. The third-order valence-corrected chi connectivity index (χ3v) is 5.16. The van der Waals surface area contributed by atoms with Gasteiger partial charge >= 0.3 is 5.97 Å². The fourth-order valence-electron chi connectivity index (χ4n) is 3.72. The van der Waals surface area contributed by atoms with Crippen molar-refractivity contribution in [1.82, 2.24) is 4.90 Å². The summed E-state index contributed by atoms with van der Waals surface area (Å²) >= 11 is 0. The van der Waals surface area contributed by atoms with E-state index in [4.69, 9.17) is 9.47 Å². The Morgan fingerprint density at radius 1 is 1.29 bits per heavy atom. The van der Waals surface area contributed by atoms with Gasteiger partial charge in [0.2, 0.25) is 0 Å². The predicted octanol–water partition coefficient (Wildman–Crippen LogP) is 2.53. The zero-order valence-corrected chi connectivity index (χ0v) is 14.0. The minimum absolute atomic E-state index is 0.0323. The topological polar surface area (TPSA) is 76.1 Å². The fraction of sp³-hybridized carbons (Fsp3) is 0.556. The zero-order valence-electron chi connectivity index (χ0n) is 14.0. The molecule has 3 rings (SSSR count). The Balaban J connectivity index is 1.99. The van der Waals surface area contributed by atoms with E-state index in [0.717, 1.165) is 12.8 Å². The molecule has 0 unspecified atom stereocenters. The van der Waals surface area contributed by atoms with Gasteiger partial charge in [-0.15, -0.1) is 0 Å². The van der Waals surface area contributed by atoms with Crippen LogP contribution in [0.25, 0.3) is 0 Å². The molecule has 2 fully saturated rings. The Morgan fingerprint density at radius 3 is 2.58 bits per heavy atom. The summed E-state index contributed by atoms with van der Waals surface area (Å²) in [6.45, 7) is 2.20. The van der Waals surface area contributed by atoms with Crippen LogP contribution in [0, 0.1) is 5.92 Å². The Bertz CT molecular complexity index is 636. The second-order valence-electron chi connectivity index (χ2n) is 6.67. The molecule has 6 heteroatoms. The van der Waals surface area contributed by atoms with Gasteiger partial charge in [0.15, 0.2) is 6.04 Å². The molecular formula is C18H23NO5. The number of ether oxygens (including phenoxy) is 2. The molecule has 1 aromatic rings. The van der Waals surface area contributed by atoms with Crippen molar-refractivity contribution < 1.29 is 24.2 Å². The normalized spacial score (nSPS) is 29.7. The molecule has 1 N–H and O–H groups in total. The summed E-state index contributed by atoms with van der Waals surface area (Å²) in [7, 11) is 1.50. The number of aliphatic carboxylic acids is 1. The van der Waals surface area contributed by atoms with E-state index in [1.165, 1.54) is 12.0 Å². The van der Waals surface area contributed by atoms with Crippen molar-refractivity contribution in [3.8, 4) is 5.75 Å². The second-order valence-corrected chi connectivity index (χ2v) is 6.67. The van der Waals surface area contributed by atoms with Gasteiger partial charge in [0.1, 0.15) is 11.5 Å². The third-order valence-electron chi connectivity index (χ3n) is 5.16. The monoisotopic (exact) mass is 333 g/mol. The molecule has 130 valence electrons.